The minimum absolute atomic E-state index is 0.145. The van der Waals surface area contributed by atoms with E-state index in [-0.39, 0.29) is 6.71 Å². The Morgan fingerprint density at radius 3 is 1.15 bits per heavy atom. The lowest BCUT2D eigenvalue weighted by atomic mass is 9.35. The van der Waals surface area contributed by atoms with Crippen LogP contribution >= 0.6 is 0 Å². The summed E-state index contributed by atoms with van der Waals surface area (Å²) < 4.78 is 0. The van der Waals surface area contributed by atoms with Crippen LogP contribution < -0.4 is 16.4 Å². The van der Waals surface area contributed by atoms with Crippen molar-refractivity contribution in [3.8, 4) is 11.1 Å². The van der Waals surface area contributed by atoms with Gasteiger partial charge < -0.3 is 0 Å². The lowest BCUT2D eigenvalue weighted by Crippen LogP contribution is -2.52. The Labute approximate surface area is 195 Å². The zero-order valence-corrected chi connectivity index (χ0v) is 18.4. The predicted molar refractivity (Wildman–Crippen MR) is 144 cm³/mol. The molecule has 0 radical (unpaired) electrons. The van der Waals surface area contributed by atoms with Gasteiger partial charge in [-0.05, 0) is 32.7 Å². The van der Waals surface area contributed by atoms with Crippen LogP contribution in [-0.2, 0) is 0 Å². The van der Waals surface area contributed by atoms with Gasteiger partial charge in [-0.3, -0.25) is 0 Å². The first-order valence-electron chi connectivity index (χ1n) is 11.5. The van der Waals surface area contributed by atoms with Crippen molar-refractivity contribution in [2.45, 2.75) is 0 Å². The Kier molecular flexibility index (Phi) is 5.01. The van der Waals surface area contributed by atoms with Crippen molar-refractivity contribution in [1.29, 1.82) is 0 Å². The normalized spacial score (nSPS) is 11.0. The first-order valence-corrected chi connectivity index (χ1v) is 11.5. The monoisotopic (exact) mass is 418 g/mol. The van der Waals surface area contributed by atoms with Crippen LogP contribution in [0.2, 0.25) is 0 Å². The summed E-state index contributed by atoms with van der Waals surface area (Å²) in [6.07, 6.45) is 0. The third-order valence-corrected chi connectivity index (χ3v) is 6.59. The maximum Gasteiger partial charge on any atom is 0.242 e. The lowest BCUT2D eigenvalue weighted by Gasteiger charge is -2.23. The number of hydrogen-bond acceptors (Lipinski definition) is 0. The summed E-state index contributed by atoms with van der Waals surface area (Å²) >= 11 is 0. The summed E-state index contributed by atoms with van der Waals surface area (Å²) in [6, 6.07) is 50.4. The third kappa shape index (κ3) is 3.43. The molecule has 0 saturated carbocycles. The molecule has 0 aliphatic heterocycles. The highest BCUT2D eigenvalue weighted by atomic mass is 14.2. The van der Waals surface area contributed by atoms with Crippen molar-refractivity contribution in [1.82, 2.24) is 0 Å². The molecule has 0 N–H and O–H groups in total. The van der Waals surface area contributed by atoms with Crippen LogP contribution in [0.3, 0.4) is 0 Å². The van der Waals surface area contributed by atoms with Crippen molar-refractivity contribution >= 4 is 44.6 Å². The molecule has 6 aromatic carbocycles. The first-order chi connectivity index (χ1) is 16.4. The topological polar surface area (TPSA) is 0 Å². The van der Waals surface area contributed by atoms with Gasteiger partial charge in [0.2, 0.25) is 6.71 Å². The van der Waals surface area contributed by atoms with Gasteiger partial charge in [-0.25, -0.2) is 0 Å². The maximum absolute atomic E-state index is 2.29. The molecule has 6 aromatic rings. The van der Waals surface area contributed by atoms with Crippen molar-refractivity contribution in [2.75, 3.05) is 0 Å². The van der Waals surface area contributed by atoms with Crippen molar-refractivity contribution < 1.29 is 0 Å². The van der Waals surface area contributed by atoms with Crippen LogP contribution in [0, 0.1) is 0 Å². The van der Waals surface area contributed by atoms with E-state index in [1.165, 1.54) is 49.1 Å². The second-order valence-electron chi connectivity index (χ2n) is 8.50. The van der Waals surface area contributed by atoms with E-state index < -0.39 is 0 Å². The van der Waals surface area contributed by atoms with E-state index in [0.29, 0.717) is 0 Å². The van der Waals surface area contributed by atoms with Gasteiger partial charge in [-0.2, -0.15) is 0 Å². The molecular formula is C32H23B. The Hall–Kier alpha value is -4.10. The summed E-state index contributed by atoms with van der Waals surface area (Å²) in [5.74, 6) is 0. The molecule has 6 rings (SSSR count). The van der Waals surface area contributed by atoms with Crippen LogP contribution in [0.1, 0.15) is 0 Å². The Morgan fingerprint density at radius 2 is 0.697 bits per heavy atom. The van der Waals surface area contributed by atoms with E-state index in [4.69, 9.17) is 0 Å². The predicted octanol–water partition coefficient (Wildman–Crippen LogP) is 6.18. The largest absolute Gasteiger partial charge is 0.242 e. The van der Waals surface area contributed by atoms with E-state index in [2.05, 4.69) is 140 Å². The van der Waals surface area contributed by atoms with Crippen LogP contribution in [0.25, 0.3) is 32.7 Å². The summed E-state index contributed by atoms with van der Waals surface area (Å²) in [5, 5.41) is 5.23. The fourth-order valence-corrected chi connectivity index (χ4v) is 5.21. The van der Waals surface area contributed by atoms with E-state index >= 15 is 0 Å². The number of fused-ring (bicyclic) bond motifs is 2. The molecule has 33 heavy (non-hydrogen) atoms. The van der Waals surface area contributed by atoms with Gasteiger partial charge in [-0.15, -0.1) is 0 Å². The van der Waals surface area contributed by atoms with Gasteiger partial charge in [0.25, 0.3) is 0 Å². The van der Waals surface area contributed by atoms with Crippen molar-refractivity contribution in [3.63, 3.8) is 0 Å². The number of hydrogen-bond donors (Lipinski definition) is 0. The molecule has 0 spiro atoms. The maximum atomic E-state index is 2.29. The summed E-state index contributed by atoms with van der Waals surface area (Å²) in [5.41, 5.74) is 6.56. The van der Waals surface area contributed by atoms with Crippen LogP contribution in [0.4, 0.5) is 0 Å². The lowest BCUT2D eigenvalue weighted by molar-refractivity contribution is 1.67. The highest BCUT2D eigenvalue weighted by Gasteiger charge is 2.27. The third-order valence-electron chi connectivity index (χ3n) is 6.59. The molecule has 1 heteroatoms. The van der Waals surface area contributed by atoms with E-state index in [0.717, 1.165) is 0 Å². The molecule has 0 amide bonds. The zero-order chi connectivity index (χ0) is 22.0. The number of benzene rings is 6. The molecule has 0 aliphatic rings. The fraction of sp³-hybridized carbons (Fsp3) is 0. The summed E-state index contributed by atoms with van der Waals surface area (Å²) in [4.78, 5) is 0. The Bertz CT molecular complexity index is 1440. The molecule has 0 atom stereocenters. The van der Waals surface area contributed by atoms with Crippen molar-refractivity contribution in [2.24, 2.45) is 0 Å². The average Bonchev–Trinajstić information content (AvgIpc) is 2.90. The minimum Gasteiger partial charge on any atom is -0.0686 e. The van der Waals surface area contributed by atoms with Crippen LogP contribution in [0.5, 0.6) is 0 Å². The highest BCUT2D eigenvalue weighted by Crippen LogP contribution is 2.35. The van der Waals surface area contributed by atoms with Gasteiger partial charge in [0, 0.05) is 0 Å². The standard InChI is InChI=1S/C32H23B/c1-4-14-24(15-5-1)31-27-20-10-12-22-29(27)32(30-23-13-11-21-28(30)31)33(25-16-6-2-7-17-25)26-18-8-3-9-19-26/h1-23H. The number of rotatable bonds is 4. The van der Waals surface area contributed by atoms with E-state index in [9.17, 15) is 0 Å². The zero-order valence-electron chi connectivity index (χ0n) is 18.4. The molecule has 0 unspecified atom stereocenters. The van der Waals surface area contributed by atoms with Crippen LogP contribution in [-0.4, -0.2) is 6.71 Å². The van der Waals surface area contributed by atoms with Gasteiger partial charge in [0.1, 0.15) is 0 Å². The van der Waals surface area contributed by atoms with Gasteiger partial charge >= 0.3 is 0 Å². The summed E-state index contributed by atoms with van der Waals surface area (Å²) in [7, 11) is 0. The smallest absolute Gasteiger partial charge is 0.0686 e. The van der Waals surface area contributed by atoms with Gasteiger partial charge in [0.15, 0.2) is 0 Å². The molecule has 0 aromatic heterocycles. The molecule has 0 heterocycles. The fourth-order valence-electron chi connectivity index (χ4n) is 5.21. The SMILES string of the molecule is c1ccc(B(c2ccccc2)c2c3ccccc3c(-c3ccccc3)c3ccccc23)cc1. The summed E-state index contributed by atoms with van der Waals surface area (Å²) in [6.45, 7) is 0.145. The van der Waals surface area contributed by atoms with Gasteiger partial charge in [-0.1, -0.05) is 156 Å². The Morgan fingerprint density at radius 1 is 0.333 bits per heavy atom. The van der Waals surface area contributed by atoms with Crippen LogP contribution in [0.15, 0.2) is 140 Å². The van der Waals surface area contributed by atoms with E-state index in [1.54, 1.807) is 0 Å². The average molecular weight is 418 g/mol. The molecule has 0 nitrogen and oxygen atoms in total. The van der Waals surface area contributed by atoms with Crippen molar-refractivity contribution in [3.05, 3.63) is 140 Å². The van der Waals surface area contributed by atoms with E-state index in [1.807, 2.05) is 0 Å². The second kappa shape index (κ2) is 8.45. The van der Waals surface area contributed by atoms with Gasteiger partial charge in [0.05, 0.1) is 0 Å². The minimum atomic E-state index is 0.145. The first kappa shape index (κ1) is 19.6. The second-order valence-corrected chi connectivity index (χ2v) is 8.50. The highest BCUT2D eigenvalue weighted by molar-refractivity contribution is 6.98. The molecule has 0 saturated heterocycles. The Balaban J connectivity index is 1.78. The molecule has 154 valence electrons. The molecular weight excluding hydrogens is 395 g/mol. The molecule has 0 bridgehead atoms. The molecule has 0 aliphatic carbocycles. The molecule has 0 fully saturated rings. The quantitative estimate of drug-likeness (QED) is 0.237.